The molecule has 4 rings (SSSR count). The first-order valence-electron chi connectivity index (χ1n) is 12.5. The van der Waals surface area contributed by atoms with Crippen LogP contribution in [0.4, 0.5) is 0 Å². The molecule has 0 radical (unpaired) electrons. The molecule has 0 aliphatic carbocycles. The van der Waals surface area contributed by atoms with Gasteiger partial charge >= 0.3 is 0 Å². The van der Waals surface area contributed by atoms with Crippen molar-refractivity contribution in [1.29, 1.82) is 0 Å². The van der Waals surface area contributed by atoms with E-state index in [2.05, 4.69) is 19.6 Å². The van der Waals surface area contributed by atoms with Crippen molar-refractivity contribution in [3.8, 4) is 0 Å². The highest BCUT2D eigenvalue weighted by molar-refractivity contribution is 4.89. The highest BCUT2D eigenvalue weighted by Crippen LogP contribution is 2.25. The molecule has 0 saturated carbocycles. The van der Waals surface area contributed by atoms with E-state index < -0.39 is 0 Å². The van der Waals surface area contributed by atoms with Crippen molar-refractivity contribution in [2.75, 3.05) is 65.6 Å². The van der Waals surface area contributed by atoms with Crippen molar-refractivity contribution in [3.05, 3.63) is 0 Å². The van der Waals surface area contributed by atoms with Crippen LogP contribution in [0.15, 0.2) is 0 Å². The lowest BCUT2D eigenvalue weighted by atomic mass is 10.1. The summed E-state index contributed by atoms with van der Waals surface area (Å²) in [6.07, 6.45) is 11.5. The molecule has 6 nitrogen and oxygen atoms in total. The SMILES string of the molecule is OCC1CCCN1CC1CCCN1CCCN1CCCC1CN1CCCC1CO. The largest absolute Gasteiger partial charge is 0.395 e. The van der Waals surface area contributed by atoms with E-state index in [1.54, 1.807) is 0 Å². The zero-order valence-corrected chi connectivity index (χ0v) is 18.4. The number of rotatable bonds is 10. The molecular formula is C23H44N4O2. The lowest BCUT2D eigenvalue weighted by Crippen LogP contribution is -2.45. The topological polar surface area (TPSA) is 53.4 Å². The van der Waals surface area contributed by atoms with Crippen molar-refractivity contribution < 1.29 is 10.2 Å². The number of hydrogen-bond acceptors (Lipinski definition) is 6. The molecule has 0 aromatic rings. The number of likely N-dealkylation sites (tertiary alicyclic amines) is 4. The third-order valence-electron chi connectivity index (χ3n) is 8.20. The van der Waals surface area contributed by atoms with Crippen molar-refractivity contribution in [2.45, 2.75) is 82.0 Å². The van der Waals surface area contributed by atoms with E-state index in [0.29, 0.717) is 37.4 Å². The summed E-state index contributed by atoms with van der Waals surface area (Å²) in [5.41, 5.74) is 0. The van der Waals surface area contributed by atoms with Crippen LogP contribution in [0.2, 0.25) is 0 Å². The van der Waals surface area contributed by atoms with Gasteiger partial charge in [-0.05, 0) is 97.1 Å². The Morgan fingerprint density at radius 2 is 0.897 bits per heavy atom. The van der Waals surface area contributed by atoms with E-state index in [9.17, 15) is 10.2 Å². The second-order valence-corrected chi connectivity index (χ2v) is 9.96. The van der Waals surface area contributed by atoms with Crippen LogP contribution in [0.5, 0.6) is 0 Å². The van der Waals surface area contributed by atoms with Gasteiger partial charge in [0, 0.05) is 37.3 Å². The first kappa shape index (κ1) is 22.0. The molecule has 0 bridgehead atoms. The third-order valence-corrected chi connectivity index (χ3v) is 8.20. The molecule has 4 saturated heterocycles. The summed E-state index contributed by atoms with van der Waals surface area (Å²) in [7, 11) is 0. The summed E-state index contributed by atoms with van der Waals surface area (Å²) in [4.78, 5) is 10.6. The smallest absolute Gasteiger partial charge is 0.0586 e. The van der Waals surface area contributed by atoms with Crippen LogP contribution in [0.25, 0.3) is 0 Å². The maximum absolute atomic E-state index is 9.62. The zero-order valence-electron chi connectivity index (χ0n) is 18.4. The van der Waals surface area contributed by atoms with Crippen LogP contribution in [-0.2, 0) is 0 Å². The van der Waals surface area contributed by atoms with E-state index in [1.807, 2.05) is 0 Å². The molecule has 29 heavy (non-hydrogen) atoms. The van der Waals surface area contributed by atoms with Gasteiger partial charge in [0.1, 0.15) is 0 Å². The normalized spacial score (nSPS) is 35.4. The summed E-state index contributed by atoms with van der Waals surface area (Å²) in [5, 5.41) is 19.2. The first-order chi connectivity index (χ1) is 14.3. The van der Waals surface area contributed by atoms with Gasteiger partial charge in [0.15, 0.2) is 0 Å². The fourth-order valence-electron chi connectivity index (χ4n) is 6.50. The molecule has 6 heteroatoms. The van der Waals surface area contributed by atoms with E-state index >= 15 is 0 Å². The summed E-state index contributed by atoms with van der Waals surface area (Å²) in [6, 6.07) is 2.23. The first-order valence-corrected chi connectivity index (χ1v) is 12.5. The van der Waals surface area contributed by atoms with Crippen LogP contribution >= 0.6 is 0 Å². The average molecular weight is 409 g/mol. The molecule has 0 aromatic carbocycles. The molecule has 4 aliphatic rings. The standard InChI is InChI=1S/C23H44N4O2/c28-18-22-8-3-12-26(22)16-20-6-1-10-24(20)14-5-15-25-11-2-7-21(25)17-27-13-4-9-23(27)19-29/h20-23,28-29H,1-19H2. The third kappa shape index (κ3) is 5.52. The van der Waals surface area contributed by atoms with Gasteiger partial charge in [-0.1, -0.05) is 0 Å². The van der Waals surface area contributed by atoms with Crippen LogP contribution in [0.3, 0.4) is 0 Å². The molecule has 4 fully saturated rings. The number of nitrogens with zero attached hydrogens (tertiary/aromatic N) is 4. The van der Waals surface area contributed by atoms with Gasteiger partial charge in [-0.25, -0.2) is 0 Å². The van der Waals surface area contributed by atoms with E-state index in [1.165, 1.54) is 97.1 Å². The maximum atomic E-state index is 9.62. The van der Waals surface area contributed by atoms with Gasteiger partial charge in [0.05, 0.1) is 13.2 Å². The van der Waals surface area contributed by atoms with Gasteiger partial charge in [-0.15, -0.1) is 0 Å². The van der Waals surface area contributed by atoms with Crippen LogP contribution in [-0.4, -0.2) is 120 Å². The molecule has 4 unspecified atom stereocenters. The number of hydrogen-bond donors (Lipinski definition) is 2. The fourth-order valence-corrected chi connectivity index (χ4v) is 6.50. The molecule has 4 atom stereocenters. The Bertz CT molecular complexity index is 451. The highest BCUT2D eigenvalue weighted by atomic mass is 16.3. The minimum Gasteiger partial charge on any atom is -0.395 e. The number of aliphatic hydroxyl groups is 2. The molecule has 0 spiro atoms. The molecule has 2 N–H and O–H groups in total. The molecule has 0 aromatic heterocycles. The van der Waals surface area contributed by atoms with Gasteiger partial charge in [-0.3, -0.25) is 19.6 Å². The lowest BCUT2D eigenvalue weighted by molar-refractivity contribution is 0.111. The fraction of sp³-hybridized carbons (Fsp3) is 1.00. The van der Waals surface area contributed by atoms with Crippen molar-refractivity contribution >= 4 is 0 Å². The van der Waals surface area contributed by atoms with Crippen LogP contribution < -0.4 is 0 Å². The summed E-state index contributed by atoms with van der Waals surface area (Å²) in [6.45, 7) is 10.3. The lowest BCUT2D eigenvalue weighted by Gasteiger charge is -2.33. The molecule has 168 valence electrons. The van der Waals surface area contributed by atoms with Crippen molar-refractivity contribution in [2.24, 2.45) is 0 Å². The maximum Gasteiger partial charge on any atom is 0.0586 e. The highest BCUT2D eigenvalue weighted by Gasteiger charge is 2.33. The Balaban J connectivity index is 1.19. The second-order valence-electron chi connectivity index (χ2n) is 9.96. The van der Waals surface area contributed by atoms with Gasteiger partial charge < -0.3 is 10.2 Å². The van der Waals surface area contributed by atoms with Crippen molar-refractivity contribution in [3.63, 3.8) is 0 Å². The molecule has 4 aliphatic heterocycles. The van der Waals surface area contributed by atoms with E-state index in [4.69, 9.17) is 0 Å². The second kappa shape index (κ2) is 10.9. The predicted molar refractivity (Wildman–Crippen MR) is 117 cm³/mol. The van der Waals surface area contributed by atoms with Crippen LogP contribution in [0, 0.1) is 0 Å². The molecule has 0 amide bonds. The Labute approximate surface area is 177 Å². The minimum atomic E-state index is 0.331. The zero-order chi connectivity index (χ0) is 20.1. The quantitative estimate of drug-likeness (QED) is 0.567. The predicted octanol–water partition coefficient (Wildman–Crippen LogP) is 1.22. The summed E-state index contributed by atoms with van der Waals surface area (Å²) in [5.74, 6) is 0. The molecule has 4 heterocycles. The van der Waals surface area contributed by atoms with Gasteiger partial charge in [0.25, 0.3) is 0 Å². The van der Waals surface area contributed by atoms with Gasteiger partial charge in [-0.2, -0.15) is 0 Å². The van der Waals surface area contributed by atoms with Crippen LogP contribution in [0.1, 0.15) is 57.8 Å². The Kier molecular flexibility index (Phi) is 8.24. The van der Waals surface area contributed by atoms with E-state index in [-0.39, 0.29) is 0 Å². The molecular weight excluding hydrogens is 364 g/mol. The average Bonchev–Trinajstić information content (AvgIpc) is 3.52. The summed E-state index contributed by atoms with van der Waals surface area (Å²) >= 11 is 0. The Hall–Kier alpha value is -0.240. The van der Waals surface area contributed by atoms with E-state index in [0.717, 1.165) is 13.1 Å². The Morgan fingerprint density at radius 1 is 0.517 bits per heavy atom. The van der Waals surface area contributed by atoms with Crippen molar-refractivity contribution in [1.82, 2.24) is 19.6 Å². The van der Waals surface area contributed by atoms with Gasteiger partial charge in [0.2, 0.25) is 0 Å². The summed E-state index contributed by atoms with van der Waals surface area (Å²) < 4.78 is 0. The number of aliphatic hydroxyl groups excluding tert-OH is 2. The Morgan fingerprint density at radius 3 is 1.31 bits per heavy atom. The minimum absolute atomic E-state index is 0.331. The monoisotopic (exact) mass is 408 g/mol.